The molecular formula is C11H18N2O. The number of hydrazine groups is 1. The zero-order chi connectivity index (χ0) is 10.9. The summed E-state index contributed by atoms with van der Waals surface area (Å²) in [5, 5.41) is 0. The molecule has 0 aromatic carbocycles. The first-order chi connectivity index (χ1) is 6.45. The highest BCUT2D eigenvalue weighted by Crippen LogP contribution is 2.32. The summed E-state index contributed by atoms with van der Waals surface area (Å²) in [7, 11) is 0. The van der Waals surface area contributed by atoms with Gasteiger partial charge in [0.15, 0.2) is 0 Å². The Kier molecular flexibility index (Phi) is 3.11. The van der Waals surface area contributed by atoms with Gasteiger partial charge >= 0.3 is 0 Å². The molecule has 0 heterocycles. The van der Waals surface area contributed by atoms with Gasteiger partial charge < -0.3 is 5.43 Å². The minimum Gasteiger partial charge on any atom is -0.317 e. The fourth-order valence-electron chi connectivity index (χ4n) is 1.46. The number of nitrogens with one attached hydrogen (secondary N) is 2. The van der Waals surface area contributed by atoms with E-state index in [0.717, 1.165) is 5.57 Å². The second-order valence-corrected chi connectivity index (χ2v) is 4.18. The quantitative estimate of drug-likeness (QED) is 0.527. The lowest BCUT2D eigenvalue weighted by molar-refractivity contribution is -0.113. The Hall–Kier alpha value is -1.09. The van der Waals surface area contributed by atoms with E-state index in [2.05, 4.69) is 31.3 Å². The molecule has 0 saturated heterocycles. The van der Waals surface area contributed by atoms with Gasteiger partial charge in [0.25, 0.3) is 0 Å². The summed E-state index contributed by atoms with van der Waals surface area (Å²) in [6.07, 6.45) is 0. The van der Waals surface area contributed by atoms with E-state index < -0.39 is 0 Å². The van der Waals surface area contributed by atoms with Crippen molar-refractivity contribution in [1.29, 1.82) is 0 Å². The molecule has 0 aromatic rings. The number of carbonyl (C=O) groups excluding carboxylic acids is 1. The van der Waals surface area contributed by atoms with E-state index in [1.54, 1.807) is 0 Å². The third-order valence-electron chi connectivity index (χ3n) is 2.16. The normalized spacial score (nSPS) is 16.7. The Morgan fingerprint density at radius 1 is 1.21 bits per heavy atom. The lowest BCUT2D eigenvalue weighted by Crippen LogP contribution is -2.44. The Morgan fingerprint density at radius 3 is 2.21 bits per heavy atom. The molecule has 0 fully saturated rings. The van der Waals surface area contributed by atoms with Crippen LogP contribution in [0.1, 0.15) is 27.7 Å². The van der Waals surface area contributed by atoms with Crippen molar-refractivity contribution < 1.29 is 4.79 Å². The van der Waals surface area contributed by atoms with E-state index >= 15 is 0 Å². The van der Waals surface area contributed by atoms with Gasteiger partial charge in [-0.3, -0.25) is 4.79 Å². The maximum atomic E-state index is 11.4. The second-order valence-electron chi connectivity index (χ2n) is 4.18. The van der Waals surface area contributed by atoms with Crippen LogP contribution in [0.15, 0.2) is 23.4 Å². The third-order valence-corrected chi connectivity index (χ3v) is 2.16. The van der Waals surface area contributed by atoms with E-state index in [-0.39, 0.29) is 5.78 Å². The van der Waals surface area contributed by atoms with E-state index in [9.17, 15) is 4.79 Å². The lowest BCUT2D eigenvalue weighted by Gasteiger charge is -2.29. The van der Waals surface area contributed by atoms with Crippen molar-refractivity contribution in [3.8, 4) is 0 Å². The van der Waals surface area contributed by atoms with Crippen LogP contribution in [0.2, 0.25) is 0 Å². The number of hydrogen-bond donors (Lipinski definition) is 2. The van der Waals surface area contributed by atoms with E-state index in [4.69, 9.17) is 0 Å². The largest absolute Gasteiger partial charge is 0.317 e. The average molecular weight is 194 g/mol. The fourth-order valence-corrected chi connectivity index (χ4v) is 1.46. The number of hydrogen-bond acceptors (Lipinski definition) is 3. The lowest BCUT2D eigenvalue weighted by atomic mass is 9.81. The molecule has 3 nitrogen and oxygen atoms in total. The predicted octanol–water partition coefficient (Wildman–Crippen LogP) is 1.54. The molecule has 0 atom stereocenters. The van der Waals surface area contributed by atoms with Crippen LogP contribution >= 0.6 is 0 Å². The highest BCUT2D eigenvalue weighted by atomic mass is 16.1. The molecular weight excluding hydrogens is 176 g/mol. The van der Waals surface area contributed by atoms with Crippen LogP contribution < -0.4 is 10.9 Å². The van der Waals surface area contributed by atoms with Crippen molar-refractivity contribution in [3.63, 3.8) is 0 Å². The molecule has 0 radical (unpaired) electrons. The van der Waals surface area contributed by atoms with Crippen molar-refractivity contribution in [1.82, 2.24) is 10.9 Å². The Balaban J connectivity index is 2.74. The summed E-state index contributed by atoms with van der Waals surface area (Å²) in [6, 6.07) is 0.303. The smallest absolute Gasteiger partial charge is 0.210 e. The maximum Gasteiger partial charge on any atom is 0.210 e. The molecule has 0 bridgehead atoms. The number of rotatable bonds is 4. The molecule has 0 aliphatic heterocycles. The monoisotopic (exact) mass is 194 g/mol. The van der Waals surface area contributed by atoms with Crippen LogP contribution in [0, 0.1) is 5.92 Å². The van der Waals surface area contributed by atoms with Crippen molar-refractivity contribution in [2.45, 2.75) is 33.7 Å². The van der Waals surface area contributed by atoms with Crippen LogP contribution in [0.25, 0.3) is 0 Å². The molecule has 2 N–H and O–H groups in total. The van der Waals surface area contributed by atoms with E-state index in [1.165, 1.54) is 0 Å². The first-order valence-corrected chi connectivity index (χ1v) is 4.94. The minimum absolute atomic E-state index is 0.0295. The summed E-state index contributed by atoms with van der Waals surface area (Å²) >= 11 is 0. The maximum absolute atomic E-state index is 11.4. The first-order valence-electron chi connectivity index (χ1n) is 4.94. The van der Waals surface area contributed by atoms with Crippen molar-refractivity contribution >= 4 is 5.78 Å². The van der Waals surface area contributed by atoms with Gasteiger partial charge in [-0.15, -0.1) is 0 Å². The molecule has 0 amide bonds. The fraction of sp³-hybridized carbons (Fsp3) is 0.545. The van der Waals surface area contributed by atoms with Crippen LogP contribution in [0.3, 0.4) is 0 Å². The summed E-state index contributed by atoms with van der Waals surface area (Å²) in [5.41, 5.74) is 8.33. The Bertz CT molecular complexity index is 300. The Labute approximate surface area is 85.2 Å². The van der Waals surface area contributed by atoms with Crippen molar-refractivity contribution in [2.24, 2.45) is 5.92 Å². The van der Waals surface area contributed by atoms with E-state index in [0.29, 0.717) is 23.2 Å². The third kappa shape index (κ3) is 1.87. The topological polar surface area (TPSA) is 41.1 Å². The van der Waals surface area contributed by atoms with Gasteiger partial charge in [0.05, 0.1) is 0 Å². The molecule has 14 heavy (non-hydrogen) atoms. The molecule has 1 rings (SSSR count). The van der Waals surface area contributed by atoms with E-state index in [1.807, 2.05) is 13.8 Å². The van der Waals surface area contributed by atoms with Gasteiger partial charge in [-0.2, -0.15) is 0 Å². The molecule has 0 spiro atoms. The molecule has 78 valence electrons. The number of ketones is 1. The summed E-state index contributed by atoms with van der Waals surface area (Å²) in [6.45, 7) is 11.9. The zero-order valence-electron chi connectivity index (χ0n) is 9.27. The van der Waals surface area contributed by atoms with Crippen LogP contribution in [-0.2, 0) is 4.79 Å². The van der Waals surface area contributed by atoms with Crippen LogP contribution in [0.4, 0.5) is 0 Å². The van der Waals surface area contributed by atoms with Crippen LogP contribution in [-0.4, -0.2) is 11.8 Å². The first kappa shape index (κ1) is 11.0. The van der Waals surface area contributed by atoms with Gasteiger partial charge in [-0.25, -0.2) is 5.43 Å². The molecule has 1 aliphatic carbocycles. The molecule has 0 unspecified atom stereocenters. The molecule has 1 aliphatic rings. The van der Waals surface area contributed by atoms with Gasteiger partial charge in [0.2, 0.25) is 5.78 Å². The number of allylic oxidation sites excluding steroid dienone is 2. The summed E-state index contributed by atoms with van der Waals surface area (Å²) in [5.74, 6) is 0.374. The molecule has 0 aromatic heterocycles. The van der Waals surface area contributed by atoms with Crippen molar-refractivity contribution in [2.75, 3.05) is 0 Å². The standard InChI is InChI=1S/C11H18N2O/c1-6(2)9-8(5)11(14)10(9)13-12-7(3)4/h6-7,12-13H,5H2,1-4H3. The van der Waals surface area contributed by atoms with Gasteiger partial charge in [-0.05, 0) is 25.3 Å². The van der Waals surface area contributed by atoms with Crippen LogP contribution in [0.5, 0.6) is 0 Å². The zero-order valence-corrected chi connectivity index (χ0v) is 9.27. The SMILES string of the molecule is C=C1C(=O)C(NNC(C)C)=C1C(C)C. The Morgan fingerprint density at radius 2 is 1.79 bits per heavy atom. The predicted molar refractivity (Wildman–Crippen MR) is 57.4 cm³/mol. The summed E-state index contributed by atoms with van der Waals surface area (Å²) < 4.78 is 0. The highest BCUT2D eigenvalue weighted by molar-refractivity contribution is 6.19. The van der Waals surface area contributed by atoms with Gasteiger partial charge in [0, 0.05) is 11.6 Å². The number of carbonyl (C=O) groups is 1. The minimum atomic E-state index is 0.0295. The van der Waals surface area contributed by atoms with Gasteiger partial charge in [0.1, 0.15) is 5.70 Å². The molecule has 0 saturated carbocycles. The molecule has 3 heteroatoms. The second kappa shape index (κ2) is 3.96. The van der Waals surface area contributed by atoms with Crippen molar-refractivity contribution in [3.05, 3.63) is 23.4 Å². The average Bonchev–Trinajstić information content (AvgIpc) is 2.09. The number of Topliss-reactive ketones (excluding diaryl/α,β-unsaturated/α-hetero) is 1. The highest BCUT2D eigenvalue weighted by Gasteiger charge is 2.33. The van der Waals surface area contributed by atoms with Gasteiger partial charge in [-0.1, -0.05) is 20.4 Å². The summed E-state index contributed by atoms with van der Waals surface area (Å²) in [4.78, 5) is 11.4.